The molecular formula is C21H22N2O3. The molecule has 0 bridgehead atoms. The number of oxazole rings is 1. The highest BCUT2D eigenvalue weighted by Gasteiger charge is 2.27. The minimum Gasteiger partial charge on any atom is -0.484 e. The Bertz CT molecular complexity index is 877. The standard InChI is InChI=1S/C21H22N2O3/c1-15-6-2-4-8-18(15)25-14-20(24)23-12-10-16(11-13-23)21-22-17-7-3-5-9-19(17)26-21/h2-9,16H,10-14H2,1H3. The largest absolute Gasteiger partial charge is 0.484 e. The summed E-state index contributed by atoms with van der Waals surface area (Å²) in [6.45, 7) is 3.47. The fourth-order valence-electron chi connectivity index (χ4n) is 3.39. The fourth-order valence-corrected chi connectivity index (χ4v) is 3.39. The predicted octanol–water partition coefficient (Wildman–Crippen LogP) is 3.92. The fraction of sp³-hybridized carbons (Fsp3) is 0.333. The zero-order valence-corrected chi connectivity index (χ0v) is 14.9. The van der Waals surface area contributed by atoms with Crippen LogP contribution in [0.5, 0.6) is 5.75 Å². The molecule has 1 saturated heterocycles. The lowest BCUT2D eigenvalue weighted by Gasteiger charge is -2.30. The van der Waals surface area contributed by atoms with Crippen molar-refractivity contribution in [2.24, 2.45) is 0 Å². The minimum atomic E-state index is 0.0317. The summed E-state index contributed by atoms with van der Waals surface area (Å²) in [4.78, 5) is 18.9. The van der Waals surface area contributed by atoms with Gasteiger partial charge in [-0.25, -0.2) is 4.98 Å². The van der Waals surface area contributed by atoms with Crippen LogP contribution in [-0.2, 0) is 4.79 Å². The molecule has 0 unspecified atom stereocenters. The van der Waals surface area contributed by atoms with E-state index in [1.165, 1.54) is 0 Å². The zero-order valence-electron chi connectivity index (χ0n) is 14.9. The molecule has 0 saturated carbocycles. The molecule has 1 fully saturated rings. The first kappa shape index (κ1) is 16.6. The summed E-state index contributed by atoms with van der Waals surface area (Å²) in [6.07, 6.45) is 1.73. The Morgan fingerprint density at radius 1 is 1.15 bits per heavy atom. The summed E-state index contributed by atoms with van der Waals surface area (Å²) in [5.41, 5.74) is 2.76. The van der Waals surface area contributed by atoms with Gasteiger partial charge in [-0.05, 0) is 43.5 Å². The zero-order chi connectivity index (χ0) is 17.9. The van der Waals surface area contributed by atoms with Gasteiger partial charge in [-0.2, -0.15) is 0 Å². The molecule has 2 aromatic carbocycles. The van der Waals surface area contributed by atoms with E-state index in [-0.39, 0.29) is 18.4 Å². The van der Waals surface area contributed by atoms with Gasteiger partial charge >= 0.3 is 0 Å². The van der Waals surface area contributed by atoms with Gasteiger partial charge in [-0.1, -0.05) is 30.3 Å². The molecule has 1 aliphatic heterocycles. The molecule has 134 valence electrons. The number of piperidine rings is 1. The molecule has 1 aromatic heterocycles. The topological polar surface area (TPSA) is 55.6 Å². The van der Waals surface area contributed by atoms with E-state index in [0.717, 1.165) is 41.1 Å². The maximum absolute atomic E-state index is 12.4. The Kier molecular flexibility index (Phi) is 4.61. The maximum Gasteiger partial charge on any atom is 0.260 e. The van der Waals surface area contributed by atoms with Crippen molar-refractivity contribution in [2.45, 2.75) is 25.7 Å². The van der Waals surface area contributed by atoms with Crippen molar-refractivity contribution in [3.63, 3.8) is 0 Å². The molecule has 26 heavy (non-hydrogen) atoms. The number of carbonyl (C=O) groups is 1. The maximum atomic E-state index is 12.4. The van der Waals surface area contributed by atoms with Gasteiger partial charge < -0.3 is 14.1 Å². The van der Waals surface area contributed by atoms with Gasteiger partial charge in [0.2, 0.25) is 0 Å². The highest BCUT2D eigenvalue weighted by atomic mass is 16.5. The first-order valence-corrected chi connectivity index (χ1v) is 9.02. The van der Waals surface area contributed by atoms with Crippen LogP contribution in [0, 0.1) is 6.92 Å². The number of hydrogen-bond acceptors (Lipinski definition) is 4. The minimum absolute atomic E-state index is 0.0317. The number of nitrogens with zero attached hydrogens (tertiary/aromatic N) is 2. The number of rotatable bonds is 4. The third-order valence-corrected chi connectivity index (χ3v) is 4.95. The van der Waals surface area contributed by atoms with E-state index in [4.69, 9.17) is 9.15 Å². The molecule has 3 aromatic rings. The van der Waals surface area contributed by atoms with Crippen LogP contribution in [0.3, 0.4) is 0 Å². The summed E-state index contributed by atoms with van der Waals surface area (Å²) < 4.78 is 11.6. The Balaban J connectivity index is 1.33. The van der Waals surface area contributed by atoms with Gasteiger partial charge in [0.05, 0.1) is 0 Å². The summed E-state index contributed by atoms with van der Waals surface area (Å²) in [5.74, 6) is 1.85. The monoisotopic (exact) mass is 350 g/mol. The average molecular weight is 350 g/mol. The molecule has 0 N–H and O–H groups in total. The molecule has 4 rings (SSSR count). The van der Waals surface area contributed by atoms with E-state index in [9.17, 15) is 4.79 Å². The summed E-state index contributed by atoms with van der Waals surface area (Å²) in [5, 5.41) is 0. The number of ether oxygens (including phenoxy) is 1. The number of amides is 1. The molecule has 5 nitrogen and oxygen atoms in total. The molecule has 0 atom stereocenters. The summed E-state index contributed by atoms with van der Waals surface area (Å²) in [7, 11) is 0. The van der Waals surface area contributed by atoms with Crippen molar-refractivity contribution in [3.8, 4) is 5.75 Å². The van der Waals surface area contributed by atoms with Gasteiger partial charge in [0, 0.05) is 19.0 Å². The average Bonchev–Trinajstić information content (AvgIpc) is 3.11. The lowest BCUT2D eigenvalue weighted by atomic mass is 9.97. The van der Waals surface area contributed by atoms with Crippen molar-refractivity contribution in [1.82, 2.24) is 9.88 Å². The van der Waals surface area contributed by atoms with E-state index in [0.29, 0.717) is 13.1 Å². The molecule has 0 aliphatic carbocycles. The van der Waals surface area contributed by atoms with Crippen LogP contribution in [0.2, 0.25) is 0 Å². The smallest absolute Gasteiger partial charge is 0.260 e. The number of para-hydroxylation sites is 3. The van der Waals surface area contributed by atoms with Crippen LogP contribution in [0.25, 0.3) is 11.1 Å². The summed E-state index contributed by atoms with van der Waals surface area (Å²) in [6, 6.07) is 15.6. The Labute approximate surface area is 152 Å². The molecule has 1 aliphatic rings. The highest BCUT2D eigenvalue weighted by molar-refractivity contribution is 5.78. The molecule has 1 amide bonds. The quantitative estimate of drug-likeness (QED) is 0.716. The second-order valence-corrected chi connectivity index (χ2v) is 6.73. The third-order valence-electron chi connectivity index (χ3n) is 4.95. The van der Waals surface area contributed by atoms with Crippen LogP contribution in [0.1, 0.15) is 30.2 Å². The summed E-state index contributed by atoms with van der Waals surface area (Å²) >= 11 is 0. The van der Waals surface area contributed by atoms with Crippen LogP contribution < -0.4 is 4.74 Å². The van der Waals surface area contributed by atoms with E-state index in [1.807, 2.05) is 60.4 Å². The first-order valence-electron chi connectivity index (χ1n) is 9.02. The van der Waals surface area contributed by atoms with E-state index < -0.39 is 0 Å². The molecule has 2 heterocycles. The number of carbonyl (C=O) groups excluding carboxylic acids is 1. The van der Waals surface area contributed by atoms with Crippen molar-refractivity contribution < 1.29 is 13.9 Å². The van der Waals surface area contributed by atoms with Gasteiger partial charge in [0.1, 0.15) is 11.3 Å². The lowest BCUT2D eigenvalue weighted by molar-refractivity contribution is -0.134. The number of aromatic nitrogens is 1. The Morgan fingerprint density at radius 2 is 1.88 bits per heavy atom. The van der Waals surface area contributed by atoms with Crippen LogP contribution in [0.4, 0.5) is 0 Å². The normalized spacial score (nSPS) is 15.3. The molecule has 5 heteroatoms. The number of aryl methyl sites for hydroxylation is 1. The van der Waals surface area contributed by atoms with Crippen LogP contribution >= 0.6 is 0 Å². The Morgan fingerprint density at radius 3 is 2.65 bits per heavy atom. The molecule has 0 radical (unpaired) electrons. The van der Waals surface area contributed by atoms with Gasteiger partial charge in [-0.15, -0.1) is 0 Å². The van der Waals surface area contributed by atoms with Gasteiger partial charge in [-0.3, -0.25) is 4.79 Å². The highest BCUT2D eigenvalue weighted by Crippen LogP contribution is 2.30. The van der Waals surface area contributed by atoms with E-state index in [1.54, 1.807) is 0 Å². The second-order valence-electron chi connectivity index (χ2n) is 6.73. The van der Waals surface area contributed by atoms with Crippen LogP contribution in [0.15, 0.2) is 52.9 Å². The first-order chi connectivity index (χ1) is 12.7. The van der Waals surface area contributed by atoms with Crippen molar-refractivity contribution in [3.05, 3.63) is 60.0 Å². The van der Waals surface area contributed by atoms with E-state index in [2.05, 4.69) is 4.98 Å². The number of likely N-dealkylation sites (tertiary alicyclic amines) is 1. The number of hydrogen-bond donors (Lipinski definition) is 0. The van der Waals surface area contributed by atoms with Crippen molar-refractivity contribution >= 4 is 17.0 Å². The molecular weight excluding hydrogens is 328 g/mol. The van der Waals surface area contributed by atoms with E-state index >= 15 is 0 Å². The third kappa shape index (κ3) is 3.43. The SMILES string of the molecule is Cc1ccccc1OCC(=O)N1CCC(c2nc3ccccc3o2)CC1. The Hall–Kier alpha value is -2.82. The van der Waals surface area contributed by atoms with Crippen molar-refractivity contribution in [1.29, 1.82) is 0 Å². The van der Waals surface area contributed by atoms with Crippen LogP contribution in [-0.4, -0.2) is 35.5 Å². The molecule has 0 spiro atoms. The number of benzene rings is 2. The predicted molar refractivity (Wildman–Crippen MR) is 99.2 cm³/mol. The van der Waals surface area contributed by atoms with Gasteiger partial charge in [0.15, 0.2) is 18.1 Å². The second kappa shape index (κ2) is 7.20. The number of fused-ring (bicyclic) bond motifs is 1. The van der Waals surface area contributed by atoms with Gasteiger partial charge in [0.25, 0.3) is 5.91 Å². The van der Waals surface area contributed by atoms with Crippen molar-refractivity contribution in [2.75, 3.05) is 19.7 Å². The lowest BCUT2D eigenvalue weighted by Crippen LogP contribution is -2.40.